The third-order valence-electron chi connectivity index (χ3n) is 5.57. The molecule has 3 aromatic rings. The fourth-order valence-electron chi connectivity index (χ4n) is 4.00. The van der Waals surface area contributed by atoms with Gasteiger partial charge in [-0.15, -0.1) is 0 Å². The van der Waals surface area contributed by atoms with Crippen molar-refractivity contribution < 1.29 is 61.8 Å². The van der Waals surface area contributed by atoms with Gasteiger partial charge >= 0.3 is 199 Å². The van der Waals surface area contributed by atoms with Crippen molar-refractivity contribution in [3.63, 3.8) is 0 Å². The molecule has 0 aliphatic carbocycles. The van der Waals surface area contributed by atoms with Crippen LogP contribution in [0.5, 0.6) is 0 Å². The molecular formula is C22H17F9O2SiZn. The van der Waals surface area contributed by atoms with Gasteiger partial charge in [-0.2, -0.15) is 0 Å². The summed E-state index contributed by atoms with van der Waals surface area (Å²) < 4.78 is 121. The van der Waals surface area contributed by atoms with Crippen LogP contribution in [-0.2, 0) is 22.3 Å². The van der Waals surface area contributed by atoms with E-state index >= 15 is 0 Å². The molecular weight excluding hydrogens is 561 g/mol. The fourth-order valence-corrected chi connectivity index (χ4v) is 21.1. The van der Waals surface area contributed by atoms with Crippen molar-refractivity contribution in [2.45, 2.75) is 15.7 Å². The predicted molar refractivity (Wildman–Crippen MR) is 109 cm³/mol. The average molecular weight is 578 g/mol. The molecule has 35 heavy (non-hydrogen) atoms. The SMILES string of the molecule is FC(F)(F)C[O][Zn]([O][Si](c1ccccc1)(c1ccccc1)c1ccccc1)([C](F)(F)F)[C](F)(F)F. The zero-order valence-corrected chi connectivity index (χ0v) is 21.8. The molecule has 0 atom stereocenters. The van der Waals surface area contributed by atoms with E-state index in [2.05, 4.69) is 3.56 Å². The van der Waals surface area contributed by atoms with Crippen LogP contribution in [0.15, 0.2) is 91.0 Å². The summed E-state index contributed by atoms with van der Waals surface area (Å²) >= 11 is -8.84. The van der Waals surface area contributed by atoms with Crippen molar-refractivity contribution in [1.29, 1.82) is 0 Å². The molecule has 3 rings (SSSR count). The summed E-state index contributed by atoms with van der Waals surface area (Å²) in [7, 11) is -4.71. The summed E-state index contributed by atoms with van der Waals surface area (Å²) in [6.07, 6.45) is -5.44. The summed E-state index contributed by atoms with van der Waals surface area (Å²) in [5.74, 6) is 0. The van der Waals surface area contributed by atoms with Gasteiger partial charge in [-0.25, -0.2) is 0 Å². The van der Waals surface area contributed by atoms with Crippen molar-refractivity contribution in [2.75, 3.05) is 6.61 Å². The number of rotatable bonds is 7. The minimum atomic E-state index is -8.84. The number of hydrogen-bond donors (Lipinski definition) is 0. The Morgan fingerprint density at radius 2 is 0.857 bits per heavy atom. The first kappa shape index (κ1) is 27.4. The predicted octanol–water partition coefficient (Wildman–Crippen LogP) is 5.27. The van der Waals surface area contributed by atoms with Crippen LogP contribution in [0.4, 0.5) is 39.5 Å². The molecule has 0 saturated heterocycles. The Morgan fingerprint density at radius 3 is 1.11 bits per heavy atom. The summed E-state index contributed by atoms with van der Waals surface area (Å²) in [6, 6.07) is 20.8. The van der Waals surface area contributed by atoms with Crippen LogP contribution in [0.1, 0.15) is 0 Å². The molecule has 0 aliphatic heterocycles. The average Bonchev–Trinajstić information content (AvgIpc) is 2.79. The Hall–Kier alpha value is -2.21. The molecule has 2 nitrogen and oxygen atoms in total. The van der Waals surface area contributed by atoms with Crippen LogP contribution < -0.4 is 15.6 Å². The molecule has 0 spiro atoms. The van der Waals surface area contributed by atoms with Crippen molar-refractivity contribution in [1.82, 2.24) is 0 Å². The first-order valence-corrected chi connectivity index (χ1v) is 17.6. The number of benzene rings is 3. The minimum absolute atomic E-state index is 0.00931. The van der Waals surface area contributed by atoms with Crippen molar-refractivity contribution in [2.24, 2.45) is 0 Å². The normalized spacial score (nSPS) is 13.2. The summed E-state index contributed by atoms with van der Waals surface area (Å²) in [4.78, 5) is 0. The second-order valence-corrected chi connectivity index (χ2v) is 21.1. The van der Waals surface area contributed by atoms with Gasteiger partial charge in [-0.05, 0) is 0 Å². The summed E-state index contributed by atoms with van der Waals surface area (Å²) in [5, 5.41) is -0.0279. The van der Waals surface area contributed by atoms with Crippen LogP contribution in [0.25, 0.3) is 0 Å². The Morgan fingerprint density at radius 1 is 0.543 bits per heavy atom. The number of alkyl halides is 9. The van der Waals surface area contributed by atoms with Gasteiger partial charge in [-0.1, -0.05) is 0 Å². The van der Waals surface area contributed by atoms with E-state index in [1.165, 1.54) is 91.0 Å². The number of hydrogen-bond acceptors (Lipinski definition) is 2. The fraction of sp³-hybridized carbons (Fsp3) is 0.182. The molecule has 0 unspecified atom stereocenters. The topological polar surface area (TPSA) is 18.5 Å². The molecule has 0 aliphatic rings. The van der Waals surface area contributed by atoms with Crippen LogP contribution in [0.2, 0.25) is 0 Å². The maximum atomic E-state index is 14.3. The zero-order valence-electron chi connectivity index (χ0n) is 17.8. The van der Waals surface area contributed by atoms with E-state index in [-0.39, 0.29) is 15.6 Å². The first-order chi connectivity index (χ1) is 16.2. The van der Waals surface area contributed by atoms with E-state index in [1.807, 2.05) is 0 Å². The van der Waals surface area contributed by atoms with Gasteiger partial charge in [0.2, 0.25) is 0 Å². The standard InChI is InChI=1S/C18H15OSi.C2H2F3O.2CF3.Zn/c19-20(16-10-4-1-5-11-16,17-12-6-2-7-13-17)18-14-8-3-9-15-18;3-2(4,5)1-6;2*2-1(3)4;/h1-15H;1H2;;;/q2*-1;;;+2. The van der Waals surface area contributed by atoms with E-state index in [4.69, 9.17) is 3.25 Å². The van der Waals surface area contributed by atoms with Gasteiger partial charge in [0.25, 0.3) is 0 Å². The molecule has 186 valence electrons. The molecule has 3 aromatic carbocycles. The Labute approximate surface area is 199 Å². The van der Waals surface area contributed by atoms with Gasteiger partial charge in [0.1, 0.15) is 0 Å². The van der Waals surface area contributed by atoms with Crippen LogP contribution in [-0.4, -0.2) is 30.6 Å². The van der Waals surface area contributed by atoms with E-state index in [1.54, 1.807) is 0 Å². The Kier molecular flexibility index (Phi) is 7.85. The Bertz CT molecular complexity index is 978. The van der Waals surface area contributed by atoms with Crippen molar-refractivity contribution in [3.05, 3.63) is 91.0 Å². The molecule has 0 aromatic heterocycles. The molecule has 0 radical (unpaired) electrons. The van der Waals surface area contributed by atoms with Crippen molar-refractivity contribution in [3.8, 4) is 0 Å². The van der Waals surface area contributed by atoms with Crippen LogP contribution in [0, 0.1) is 0 Å². The molecule has 0 fully saturated rings. The Balaban J connectivity index is 2.41. The third kappa shape index (κ3) is 5.63. The van der Waals surface area contributed by atoms with Crippen LogP contribution >= 0.6 is 0 Å². The molecule has 0 bridgehead atoms. The van der Waals surface area contributed by atoms with Gasteiger partial charge in [0.15, 0.2) is 0 Å². The second-order valence-electron chi connectivity index (χ2n) is 7.99. The summed E-state index contributed by atoms with van der Waals surface area (Å²) in [6.45, 7) is -2.74. The summed E-state index contributed by atoms with van der Waals surface area (Å²) in [5.41, 5.74) is 0. The zero-order chi connectivity index (χ0) is 26.0. The maximum absolute atomic E-state index is 14.3. The van der Waals surface area contributed by atoms with E-state index in [0.29, 0.717) is 0 Å². The monoisotopic (exact) mass is 576 g/mol. The molecule has 13 heteroatoms. The van der Waals surface area contributed by atoms with E-state index < -0.39 is 46.1 Å². The van der Waals surface area contributed by atoms with Gasteiger partial charge in [-0.3, -0.25) is 0 Å². The van der Waals surface area contributed by atoms with Gasteiger partial charge in [0, 0.05) is 0 Å². The first-order valence-electron chi connectivity index (χ1n) is 10.3. The second kappa shape index (κ2) is 10.0. The van der Waals surface area contributed by atoms with E-state index in [0.717, 1.165) is 0 Å². The van der Waals surface area contributed by atoms with E-state index in [9.17, 15) is 39.5 Å². The third-order valence-corrected chi connectivity index (χ3v) is 21.2. The van der Waals surface area contributed by atoms with Crippen LogP contribution in [0.3, 0.4) is 0 Å². The quantitative estimate of drug-likeness (QED) is 0.216. The molecule has 0 saturated carbocycles. The van der Waals surface area contributed by atoms with Gasteiger partial charge < -0.3 is 0 Å². The number of halogens is 9. The van der Waals surface area contributed by atoms with Crippen molar-refractivity contribution >= 4 is 23.9 Å². The molecule has 0 N–H and O–H groups in total. The molecule has 0 heterocycles. The van der Waals surface area contributed by atoms with Gasteiger partial charge in [0.05, 0.1) is 0 Å². The molecule has 0 amide bonds.